The minimum atomic E-state index is 0.366. The fourth-order valence-corrected chi connectivity index (χ4v) is 3.01. The van der Waals surface area contributed by atoms with E-state index < -0.39 is 0 Å². The van der Waals surface area contributed by atoms with Gasteiger partial charge in [0.25, 0.3) is 0 Å². The zero-order valence-corrected chi connectivity index (χ0v) is 12.8. The van der Waals surface area contributed by atoms with Crippen molar-refractivity contribution in [2.24, 2.45) is 13.0 Å². The molecule has 5 nitrogen and oxygen atoms in total. The van der Waals surface area contributed by atoms with Crippen molar-refractivity contribution in [3.63, 3.8) is 0 Å². The summed E-state index contributed by atoms with van der Waals surface area (Å²) in [6.45, 7) is 2.09. The molecule has 2 heterocycles. The van der Waals surface area contributed by atoms with Crippen molar-refractivity contribution in [1.82, 2.24) is 14.9 Å². The molecule has 1 atom stereocenters. The van der Waals surface area contributed by atoms with E-state index in [1.807, 2.05) is 25.6 Å². The molecule has 0 saturated heterocycles. The molecule has 116 valence electrons. The van der Waals surface area contributed by atoms with Crippen LogP contribution in [0, 0.1) is 5.92 Å². The van der Waals surface area contributed by atoms with Gasteiger partial charge in [-0.05, 0) is 36.5 Å². The lowest BCUT2D eigenvalue weighted by Gasteiger charge is -2.23. The lowest BCUT2D eigenvalue weighted by Crippen LogP contribution is -2.24. The van der Waals surface area contributed by atoms with Gasteiger partial charge >= 0.3 is 0 Å². The highest BCUT2D eigenvalue weighted by Gasteiger charge is 2.32. The number of aromatic nitrogens is 2. The van der Waals surface area contributed by atoms with E-state index >= 15 is 0 Å². The third-order valence-corrected chi connectivity index (χ3v) is 4.44. The predicted molar refractivity (Wildman–Crippen MR) is 82.9 cm³/mol. The second-order valence-electron chi connectivity index (χ2n) is 6.09. The van der Waals surface area contributed by atoms with E-state index in [2.05, 4.69) is 27.0 Å². The molecule has 1 aliphatic heterocycles. The Morgan fingerprint density at radius 3 is 2.82 bits per heavy atom. The number of nitrogens with zero attached hydrogens (tertiary/aromatic N) is 2. The molecule has 5 heteroatoms. The molecule has 2 aliphatic rings. The highest BCUT2D eigenvalue weighted by atomic mass is 16.6. The van der Waals surface area contributed by atoms with Gasteiger partial charge in [-0.2, -0.15) is 0 Å². The van der Waals surface area contributed by atoms with Gasteiger partial charge in [-0.3, -0.25) is 0 Å². The van der Waals surface area contributed by atoms with Crippen LogP contribution in [0.2, 0.25) is 0 Å². The van der Waals surface area contributed by atoms with Gasteiger partial charge < -0.3 is 19.4 Å². The number of hydrogen-bond acceptors (Lipinski definition) is 4. The molecule has 0 bridgehead atoms. The topological polar surface area (TPSA) is 48.3 Å². The Kier molecular flexibility index (Phi) is 3.50. The quantitative estimate of drug-likeness (QED) is 0.921. The van der Waals surface area contributed by atoms with Crippen LogP contribution >= 0.6 is 0 Å². The fraction of sp³-hybridized carbons (Fsp3) is 0.471. The first-order valence-corrected chi connectivity index (χ1v) is 7.89. The Morgan fingerprint density at radius 1 is 1.27 bits per heavy atom. The van der Waals surface area contributed by atoms with Crippen molar-refractivity contribution in [3.05, 3.63) is 42.0 Å². The average Bonchev–Trinajstić information content (AvgIpc) is 3.30. The van der Waals surface area contributed by atoms with Crippen molar-refractivity contribution in [2.45, 2.75) is 25.4 Å². The molecular weight excluding hydrogens is 278 g/mol. The third-order valence-electron chi connectivity index (χ3n) is 4.44. The maximum Gasteiger partial charge on any atom is 0.161 e. The molecule has 1 fully saturated rings. The van der Waals surface area contributed by atoms with E-state index in [4.69, 9.17) is 9.47 Å². The Morgan fingerprint density at radius 2 is 2.09 bits per heavy atom. The summed E-state index contributed by atoms with van der Waals surface area (Å²) >= 11 is 0. The first kappa shape index (κ1) is 13.6. The lowest BCUT2D eigenvalue weighted by molar-refractivity contribution is 0.171. The SMILES string of the molecule is Cn1cncc1CN[C@@H](c1ccc2c(c1)OCCO2)C1CC1. The van der Waals surface area contributed by atoms with Gasteiger partial charge in [0.1, 0.15) is 13.2 Å². The second kappa shape index (κ2) is 5.65. The summed E-state index contributed by atoms with van der Waals surface area (Å²) in [7, 11) is 2.03. The van der Waals surface area contributed by atoms with Gasteiger partial charge in [-0.1, -0.05) is 6.07 Å². The standard InChI is InChI=1S/C17H21N3O2/c1-20-11-18-9-14(20)10-19-17(12-2-3-12)13-4-5-15-16(8-13)22-7-6-21-15/h4-5,8-9,11-12,17,19H,2-3,6-7,10H2,1H3/t17-/m1/s1. The van der Waals surface area contributed by atoms with Gasteiger partial charge in [0.05, 0.1) is 12.0 Å². The van der Waals surface area contributed by atoms with E-state index in [0.29, 0.717) is 19.3 Å². The molecular formula is C17H21N3O2. The largest absolute Gasteiger partial charge is 0.486 e. The Balaban J connectivity index is 1.53. The second-order valence-corrected chi connectivity index (χ2v) is 6.09. The molecule has 1 aliphatic carbocycles. The van der Waals surface area contributed by atoms with Crippen LogP contribution in [-0.4, -0.2) is 22.8 Å². The van der Waals surface area contributed by atoms with E-state index in [-0.39, 0.29) is 0 Å². The summed E-state index contributed by atoms with van der Waals surface area (Å²) in [4.78, 5) is 4.18. The third kappa shape index (κ3) is 2.68. The maximum absolute atomic E-state index is 5.72. The molecule has 4 rings (SSSR count). The van der Waals surface area contributed by atoms with E-state index in [1.165, 1.54) is 24.1 Å². The number of rotatable bonds is 5. The van der Waals surface area contributed by atoms with Gasteiger partial charge in [-0.25, -0.2) is 4.98 Å². The van der Waals surface area contributed by atoms with Crippen molar-refractivity contribution in [2.75, 3.05) is 13.2 Å². The van der Waals surface area contributed by atoms with E-state index in [9.17, 15) is 0 Å². The molecule has 0 spiro atoms. The molecule has 0 radical (unpaired) electrons. The summed E-state index contributed by atoms with van der Waals surface area (Å²) in [5.74, 6) is 2.45. The molecule has 1 aromatic carbocycles. The zero-order chi connectivity index (χ0) is 14.9. The number of hydrogen-bond donors (Lipinski definition) is 1. The molecule has 1 N–H and O–H groups in total. The van der Waals surface area contributed by atoms with Gasteiger partial charge in [0.2, 0.25) is 0 Å². The smallest absolute Gasteiger partial charge is 0.161 e. The summed E-state index contributed by atoms with van der Waals surface area (Å²) in [5.41, 5.74) is 2.48. The van der Waals surface area contributed by atoms with Crippen molar-refractivity contribution in [3.8, 4) is 11.5 Å². The summed E-state index contributed by atoms with van der Waals surface area (Å²) < 4.78 is 13.4. The first-order chi connectivity index (χ1) is 10.8. The van der Waals surface area contributed by atoms with Gasteiger partial charge in [-0.15, -0.1) is 0 Å². The molecule has 0 unspecified atom stereocenters. The summed E-state index contributed by atoms with van der Waals surface area (Å²) in [6.07, 6.45) is 6.34. The Hall–Kier alpha value is -2.01. The monoisotopic (exact) mass is 299 g/mol. The molecule has 1 aromatic heterocycles. The molecule has 22 heavy (non-hydrogen) atoms. The molecule has 2 aromatic rings. The van der Waals surface area contributed by atoms with E-state index in [1.54, 1.807) is 0 Å². The Labute approximate surface area is 130 Å². The fourth-order valence-electron chi connectivity index (χ4n) is 3.01. The zero-order valence-electron chi connectivity index (χ0n) is 12.8. The van der Waals surface area contributed by atoms with Crippen molar-refractivity contribution >= 4 is 0 Å². The first-order valence-electron chi connectivity index (χ1n) is 7.89. The van der Waals surface area contributed by atoms with Gasteiger partial charge in [0, 0.05) is 25.8 Å². The van der Waals surface area contributed by atoms with Crippen LogP contribution in [0.25, 0.3) is 0 Å². The van der Waals surface area contributed by atoms with Crippen LogP contribution in [-0.2, 0) is 13.6 Å². The number of ether oxygens (including phenoxy) is 2. The number of fused-ring (bicyclic) bond motifs is 1. The minimum absolute atomic E-state index is 0.366. The van der Waals surface area contributed by atoms with Crippen LogP contribution in [0.15, 0.2) is 30.7 Å². The van der Waals surface area contributed by atoms with Crippen LogP contribution in [0.5, 0.6) is 11.5 Å². The van der Waals surface area contributed by atoms with Crippen molar-refractivity contribution in [1.29, 1.82) is 0 Å². The van der Waals surface area contributed by atoms with Gasteiger partial charge in [0.15, 0.2) is 11.5 Å². The van der Waals surface area contributed by atoms with Crippen LogP contribution in [0.3, 0.4) is 0 Å². The highest BCUT2D eigenvalue weighted by Crippen LogP contribution is 2.43. The normalized spacial score (nSPS) is 18.2. The minimum Gasteiger partial charge on any atom is -0.486 e. The summed E-state index contributed by atoms with van der Waals surface area (Å²) in [6, 6.07) is 6.69. The van der Waals surface area contributed by atoms with Crippen LogP contribution < -0.4 is 14.8 Å². The molecule has 0 amide bonds. The van der Waals surface area contributed by atoms with Crippen LogP contribution in [0.1, 0.15) is 30.1 Å². The Bertz CT molecular complexity index is 664. The summed E-state index contributed by atoms with van der Waals surface area (Å²) in [5, 5.41) is 3.69. The maximum atomic E-state index is 5.72. The molecule has 1 saturated carbocycles. The number of nitrogens with one attached hydrogen (secondary N) is 1. The number of imidazole rings is 1. The number of aryl methyl sites for hydroxylation is 1. The van der Waals surface area contributed by atoms with Crippen LogP contribution in [0.4, 0.5) is 0 Å². The van der Waals surface area contributed by atoms with Crippen molar-refractivity contribution < 1.29 is 9.47 Å². The average molecular weight is 299 g/mol. The highest BCUT2D eigenvalue weighted by molar-refractivity contribution is 5.45. The predicted octanol–water partition coefficient (Wildman–Crippen LogP) is 2.43. The van der Waals surface area contributed by atoms with E-state index in [0.717, 1.165) is 24.0 Å². The number of benzene rings is 1. The lowest BCUT2D eigenvalue weighted by atomic mass is 10.0.